The molecule has 0 fully saturated rings. The van der Waals surface area contributed by atoms with Crippen LogP contribution in [0.1, 0.15) is 33.3 Å². The number of aromatic nitrogens is 2. The lowest BCUT2D eigenvalue weighted by molar-refractivity contribution is 0.238. The van der Waals surface area contributed by atoms with Gasteiger partial charge in [0.1, 0.15) is 0 Å². The number of rotatable bonds is 6. The van der Waals surface area contributed by atoms with E-state index in [1.165, 1.54) is 5.56 Å². The van der Waals surface area contributed by atoms with Gasteiger partial charge in [-0.1, -0.05) is 39.8 Å². The zero-order valence-electron chi connectivity index (χ0n) is 12.9. The van der Waals surface area contributed by atoms with Gasteiger partial charge in [-0.05, 0) is 29.0 Å². The smallest absolute Gasteiger partial charge is 0.0991 e. The van der Waals surface area contributed by atoms with Crippen LogP contribution in [-0.2, 0) is 6.54 Å². The van der Waals surface area contributed by atoms with Gasteiger partial charge in [-0.15, -0.1) is 0 Å². The second-order valence-electron chi connectivity index (χ2n) is 6.38. The molecule has 0 saturated carbocycles. The van der Waals surface area contributed by atoms with E-state index in [4.69, 9.17) is 0 Å². The molecular formula is C17H25N3. The zero-order valence-corrected chi connectivity index (χ0v) is 12.9. The molecule has 3 nitrogen and oxygen atoms in total. The van der Waals surface area contributed by atoms with Gasteiger partial charge in [0.05, 0.1) is 6.33 Å². The van der Waals surface area contributed by atoms with Crippen LogP contribution in [0.5, 0.6) is 0 Å². The molecule has 0 bridgehead atoms. The first-order chi connectivity index (χ1) is 9.49. The summed E-state index contributed by atoms with van der Waals surface area (Å²) in [7, 11) is 0. The number of hydrogen-bond acceptors (Lipinski definition) is 2. The molecule has 0 atom stereocenters. The van der Waals surface area contributed by atoms with Gasteiger partial charge in [-0.3, -0.25) is 0 Å². The summed E-state index contributed by atoms with van der Waals surface area (Å²) < 4.78 is 2.01. The van der Waals surface area contributed by atoms with Gasteiger partial charge in [0.2, 0.25) is 0 Å². The third kappa shape index (κ3) is 3.70. The maximum absolute atomic E-state index is 4.06. The van der Waals surface area contributed by atoms with E-state index in [1.807, 2.05) is 17.1 Å². The lowest BCUT2D eigenvalue weighted by atomic mass is 9.81. The third-order valence-corrected chi connectivity index (χ3v) is 4.21. The summed E-state index contributed by atoms with van der Waals surface area (Å²) in [5.74, 6) is 0.679. The fourth-order valence-corrected chi connectivity index (χ4v) is 1.93. The predicted molar refractivity (Wildman–Crippen MR) is 83.9 cm³/mol. The van der Waals surface area contributed by atoms with E-state index in [0.29, 0.717) is 11.3 Å². The van der Waals surface area contributed by atoms with E-state index in [0.717, 1.165) is 18.8 Å². The number of imidazole rings is 1. The summed E-state index contributed by atoms with van der Waals surface area (Å²) in [5.41, 5.74) is 2.79. The molecule has 1 N–H and O–H groups in total. The molecule has 0 aliphatic rings. The van der Waals surface area contributed by atoms with Crippen LogP contribution in [0.2, 0.25) is 0 Å². The minimum Gasteiger partial charge on any atom is -0.312 e. The van der Waals surface area contributed by atoms with Gasteiger partial charge in [0.25, 0.3) is 0 Å². The van der Waals surface area contributed by atoms with Crippen LogP contribution in [-0.4, -0.2) is 16.1 Å². The highest BCUT2D eigenvalue weighted by Gasteiger charge is 2.21. The Kier molecular flexibility index (Phi) is 4.61. The van der Waals surface area contributed by atoms with Crippen LogP contribution in [0.25, 0.3) is 5.69 Å². The Morgan fingerprint density at radius 3 is 2.45 bits per heavy atom. The maximum atomic E-state index is 4.06. The quantitative estimate of drug-likeness (QED) is 0.869. The first-order valence-electron chi connectivity index (χ1n) is 7.27. The van der Waals surface area contributed by atoms with E-state index in [9.17, 15) is 0 Å². The molecule has 0 amide bonds. The molecule has 0 spiro atoms. The number of benzene rings is 1. The average molecular weight is 271 g/mol. The van der Waals surface area contributed by atoms with Gasteiger partial charge >= 0.3 is 0 Å². The second kappa shape index (κ2) is 6.23. The van der Waals surface area contributed by atoms with Gasteiger partial charge < -0.3 is 9.88 Å². The molecule has 0 radical (unpaired) electrons. The second-order valence-corrected chi connectivity index (χ2v) is 6.38. The van der Waals surface area contributed by atoms with Crippen LogP contribution >= 0.6 is 0 Å². The normalized spacial score (nSPS) is 12.1. The summed E-state index contributed by atoms with van der Waals surface area (Å²) in [6.07, 6.45) is 5.57. The van der Waals surface area contributed by atoms with Gasteiger partial charge in [0.15, 0.2) is 0 Å². The Balaban J connectivity index is 1.89. The van der Waals surface area contributed by atoms with Crippen molar-refractivity contribution in [1.82, 2.24) is 14.9 Å². The molecule has 0 aliphatic carbocycles. The molecule has 0 saturated heterocycles. The fraction of sp³-hybridized carbons (Fsp3) is 0.471. The van der Waals surface area contributed by atoms with Crippen molar-refractivity contribution in [2.24, 2.45) is 11.3 Å². The van der Waals surface area contributed by atoms with Crippen molar-refractivity contribution in [3.63, 3.8) is 0 Å². The molecule has 1 aromatic heterocycles. The highest BCUT2D eigenvalue weighted by Crippen LogP contribution is 2.24. The molecule has 2 rings (SSSR count). The van der Waals surface area contributed by atoms with Gasteiger partial charge in [-0.2, -0.15) is 0 Å². The van der Waals surface area contributed by atoms with E-state index >= 15 is 0 Å². The zero-order chi connectivity index (χ0) is 14.6. The van der Waals surface area contributed by atoms with Crippen LogP contribution in [0.3, 0.4) is 0 Å². The largest absolute Gasteiger partial charge is 0.312 e. The molecule has 1 aromatic carbocycles. The molecule has 0 aliphatic heterocycles. The molecule has 3 heteroatoms. The van der Waals surface area contributed by atoms with Crippen LogP contribution in [0.4, 0.5) is 0 Å². The van der Waals surface area contributed by atoms with Gasteiger partial charge in [-0.25, -0.2) is 4.98 Å². The number of nitrogens with zero attached hydrogens (tertiary/aromatic N) is 2. The van der Waals surface area contributed by atoms with E-state index in [2.05, 4.69) is 62.3 Å². The Hall–Kier alpha value is -1.61. The minimum absolute atomic E-state index is 0.330. The summed E-state index contributed by atoms with van der Waals surface area (Å²) in [5, 5.41) is 3.56. The van der Waals surface area contributed by atoms with Crippen molar-refractivity contribution in [3.05, 3.63) is 48.5 Å². The number of hydrogen-bond donors (Lipinski definition) is 1. The highest BCUT2D eigenvalue weighted by molar-refractivity contribution is 5.34. The van der Waals surface area contributed by atoms with Crippen molar-refractivity contribution >= 4 is 0 Å². The minimum atomic E-state index is 0.330. The van der Waals surface area contributed by atoms with Crippen molar-refractivity contribution < 1.29 is 0 Å². The molecule has 0 unspecified atom stereocenters. The summed E-state index contributed by atoms with van der Waals surface area (Å²) in [6.45, 7) is 11.1. The standard InChI is InChI=1S/C17H25N3/c1-14(2)17(3,4)12-19-11-15-5-7-16(8-6-15)20-10-9-18-13-20/h5-10,13-14,19H,11-12H2,1-4H3. The summed E-state index contributed by atoms with van der Waals surface area (Å²) >= 11 is 0. The Bertz CT molecular complexity index is 510. The molecule has 1 heterocycles. The average Bonchev–Trinajstić information content (AvgIpc) is 2.93. The van der Waals surface area contributed by atoms with Gasteiger partial charge in [0, 0.05) is 31.2 Å². The third-order valence-electron chi connectivity index (χ3n) is 4.21. The Morgan fingerprint density at radius 1 is 1.20 bits per heavy atom. The summed E-state index contributed by atoms with van der Waals surface area (Å²) in [6, 6.07) is 8.61. The maximum Gasteiger partial charge on any atom is 0.0991 e. The lowest BCUT2D eigenvalue weighted by Gasteiger charge is -2.29. The van der Waals surface area contributed by atoms with Crippen molar-refractivity contribution in [2.45, 2.75) is 34.2 Å². The monoisotopic (exact) mass is 271 g/mol. The first kappa shape index (κ1) is 14.8. The summed E-state index contributed by atoms with van der Waals surface area (Å²) in [4.78, 5) is 4.06. The Labute approximate surface area is 122 Å². The Morgan fingerprint density at radius 2 is 1.90 bits per heavy atom. The van der Waals surface area contributed by atoms with E-state index in [-0.39, 0.29) is 0 Å². The predicted octanol–water partition coefficient (Wildman–Crippen LogP) is 3.64. The number of nitrogens with one attached hydrogen (secondary N) is 1. The molecular weight excluding hydrogens is 246 g/mol. The SMILES string of the molecule is CC(C)C(C)(C)CNCc1ccc(-n2ccnc2)cc1. The van der Waals surface area contributed by atoms with Crippen LogP contribution < -0.4 is 5.32 Å². The van der Waals surface area contributed by atoms with E-state index < -0.39 is 0 Å². The molecule has 20 heavy (non-hydrogen) atoms. The topological polar surface area (TPSA) is 29.9 Å². The first-order valence-corrected chi connectivity index (χ1v) is 7.27. The molecule has 108 valence electrons. The van der Waals surface area contributed by atoms with Crippen molar-refractivity contribution in [2.75, 3.05) is 6.54 Å². The van der Waals surface area contributed by atoms with Crippen LogP contribution in [0, 0.1) is 11.3 Å². The highest BCUT2D eigenvalue weighted by atomic mass is 15.0. The van der Waals surface area contributed by atoms with Crippen molar-refractivity contribution in [1.29, 1.82) is 0 Å². The lowest BCUT2D eigenvalue weighted by Crippen LogP contribution is -2.33. The van der Waals surface area contributed by atoms with Crippen molar-refractivity contribution in [3.8, 4) is 5.69 Å². The van der Waals surface area contributed by atoms with E-state index in [1.54, 1.807) is 6.20 Å². The molecule has 2 aromatic rings. The van der Waals surface area contributed by atoms with Crippen LogP contribution in [0.15, 0.2) is 43.0 Å². The fourth-order valence-electron chi connectivity index (χ4n) is 1.93.